The van der Waals surface area contributed by atoms with E-state index in [4.69, 9.17) is 10.5 Å². The van der Waals surface area contributed by atoms with Crippen LogP contribution in [-0.2, 0) is 6.42 Å². The van der Waals surface area contributed by atoms with Crippen LogP contribution in [0.15, 0.2) is 18.2 Å². The zero-order chi connectivity index (χ0) is 12.7. The van der Waals surface area contributed by atoms with Crippen molar-refractivity contribution in [3.05, 3.63) is 29.3 Å². The van der Waals surface area contributed by atoms with Crippen LogP contribution < -0.4 is 15.8 Å². The molecule has 0 saturated carbocycles. The number of methoxy groups -OCH3 is 1. The highest BCUT2D eigenvalue weighted by Gasteiger charge is 2.06. The fraction of sp³-hybridized carbons (Fsp3) is 0.571. The maximum atomic E-state index is 5.44. The predicted octanol–water partition coefficient (Wildman–Crippen LogP) is 1.91. The van der Waals surface area contributed by atoms with Crippen molar-refractivity contribution in [3.8, 4) is 5.75 Å². The highest BCUT2D eigenvalue weighted by atomic mass is 16.5. The van der Waals surface area contributed by atoms with E-state index >= 15 is 0 Å². The van der Waals surface area contributed by atoms with Crippen molar-refractivity contribution in [2.24, 2.45) is 5.73 Å². The fourth-order valence-electron chi connectivity index (χ4n) is 1.78. The SMILES string of the molecule is COc1cc(C(C)C)ccc1CCNCCN. The lowest BCUT2D eigenvalue weighted by Crippen LogP contribution is -2.24. The molecule has 0 aliphatic rings. The Morgan fingerprint density at radius 1 is 1.29 bits per heavy atom. The van der Waals surface area contributed by atoms with E-state index in [0.717, 1.165) is 25.3 Å². The molecule has 0 bridgehead atoms. The molecule has 3 N–H and O–H groups in total. The zero-order valence-corrected chi connectivity index (χ0v) is 11.1. The van der Waals surface area contributed by atoms with E-state index in [0.29, 0.717) is 12.5 Å². The van der Waals surface area contributed by atoms with E-state index in [1.165, 1.54) is 11.1 Å². The molecule has 1 rings (SSSR count). The van der Waals surface area contributed by atoms with Gasteiger partial charge in [0, 0.05) is 13.1 Å². The molecule has 1 aromatic carbocycles. The lowest BCUT2D eigenvalue weighted by atomic mass is 10.00. The molecule has 0 heterocycles. The molecule has 0 aliphatic heterocycles. The largest absolute Gasteiger partial charge is 0.496 e. The minimum absolute atomic E-state index is 0.535. The smallest absolute Gasteiger partial charge is 0.122 e. The Kier molecular flexibility index (Phi) is 6.01. The monoisotopic (exact) mass is 236 g/mol. The molecule has 0 atom stereocenters. The Hall–Kier alpha value is -1.06. The Labute approximate surface area is 104 Å². The van der Waals surface area contributed by atoms with Crippen LogP contribution in [0.2, 0.25) is 0 Å². The van der Waals surface area contributed by atoms with Crippen LogP contribution in [0.5, 0.6) is 5.75 Å². The first-order valence-corrected chi connectivity index (χ1v) is 6.26. The van der Waals surface area contributed by atoms with Gasteiger partial charge in [-0.05, 0) is 36.1 Å². The summed E-state index contributed by atoms with van der Waals surface area (Å²) in [6, 6.07) is 6.49. The highest BCUT2D eigenvalue weighted by molar-refractivity contribution is 5.38. The minimum Gasteiger partial charge on any atom is -0.496 e. The summed E-state index contributed by atoms with van der Waals surface area (Å²) in [7, 11) is 1.73. The maximum Gasteiger partial charge on any atom is 0.122 e. The summed E-state index contributed by atoms with van der Waals surface area (Å²) >= 11 is 0. The summed E-state index contributed by atoms with van der Waals surface area (Å²) in [4.78, 5) is 0. The Morgan fingerprint density at radius 3 is 2.65 bits per heavy atom. The Morgan fingerprint density at radius 2 is 2.06 bits per heavy atom. The van der Waals surface area contributed by atoms with Gasteiger partial charge in [0.1, 0.15) is 5.75 Å². The standard InChI is InChI=1S/C14H24N2O/c1-11(2)13-5-4-12(14(10-13)17-3)6-8-16-9-7-15/h4-5,10-11,16H,6-9,15H2,1-3H3. The number of benzene rings is 1. The molecular weight excluding hydrogens is 212 g/mol. The van der Waals surface area contributed by atoms with Crippen LogP contribution in [0.25, 0.3) is 0 Å². The highest BCUT2D eigenvalue weighted by Crippen LogP contribution is 2.24. The maximum absolute atomic E-state index is 5.44. The first kappa shape index (κ1) is 14.0. The molecule has 3 heteroatoms. The molecule has 3 nitrogen and oxygen atoms in total. The van der Waals surface area contributed by atoms with Gasteiger partial charge in [-0.1, -0.05) is 26.0 Å². The normalized spacial score (nSPS) is 10.9. The van der Waals surface area contributed by atoms with Crippen molar-refractivity contribution in [2.45, 2.75) is 26.2 Å². The Bertz CT molecular complexity index is 337. The molecule has 0 spiro atoms. The molecule has 0 amide bonds. The number of hydrogen-bond acceptors (Lipinski definition) is 3. The zero-order valence-electron chi connectivity index (χ0n) is 11.1. The van der Waals surface area contributed by atoms with Gasteiger partial charge >= 0.3 is 0 Å². The van der Waals surface area contributed by atoms with E-state index < -0.39 is 0 Å². The van der Waals surface area contributed by atoms with Gasteiger partial charge in [0.15, 0.2) is 0 Å². The van der Waals surface area contributed by atoms with Gasteiger partial charge in [0.05, 0.1) is 7.11 Å². The summed E-state index contributed by atoms with van der Waals surface area (Å²) in [5, 5.41) is 3.29. The quantitative estimate of drug-likeness (QED) is 0.711. The van der Waals surface area contributed by atoms with E-state index in [2.05, 4.69) is 37.4 Å². The second-order valence-corrected chi connectivity index (χ2v) is 4.51. The van der Waals surface area contributed by atoms with Crippen LogP contribution in [0.4, 0.5) is 0 Å². The van der Waals surface area contributed by atoms with E-state index in [-0.39, 0.29) is 0 Å². The van der Waals surface area contributed by atoms with Crippen molar-refractivity contribution in [2.75, 3.05) is 26.7 Å². The van der Waals surface area contributed by atoms with Crippen molar-refractivity contribution in [1.29, 1.82) is 0 Å². The third-order valence-corrected chi connectivity index (χ3v) is 2.87. The summed E-state index contributed by atoms with van der Waals surface area (Å²) in [6.07, 6.45) is 0.974. The molecule has 0 fully saturated rings. The van der Waals surface area contributed by atoms with Gasteiger partial charge in [-0.3, -0.25) is 0 Å². The molecule has 0 aromatic heterocycles. The summed E-state index contributed by atoms with van der Waals surface area (Å²) in [5.41, 5.74) is 8.00. The van der Waals surface area contributed by atoms with Crippen LogP contribution in [0.3, 0.4) is 0 Å². The van der Waals surface area contributed by atoms with E-state index in [1.54, 1.807) is 7.11 Å². The van der Waals surface area contributed by atoms with Gasteiger partial charge in [0.2, 0.25) is 0 Å². The average molecular weight is 236 g/mol. The van der Waals surface area contributed by atoms with E-state index in [1.807, 2.05) is 0 Å². The molecule has 17 heavy (non-hydrogen) atoms. The number of ether oxygens (including phenoxy) is 1. The van der Waals surface area contributed by atoms with Gasteiger partial charge in [-0.15, -0.1) is 0 Å². The van der Waals surface area contributed by atoms with Crippen LogP contribution in [-0.4, -0.2) is 26.7 Å². The van der Waals surface area contributed by atoms with E-state index in [9.17, 15) is 0 Å². The van der Waals surface area contributed by atoms with Crippen molar-refractivity contribution >= 4 is 0 Å². The molecular formula is C14H24N2O. The predicted molar refractivity (Wildman–Crippen MR) is 72.7 cm³/mol. The van der Waals surface area contributed by atoms with Crippen molar-refractivity contribution < 1.29 is 4.74 Å². The fourth-order valence-corrected chi connectivity index (χ4v) is 1.78. The van der Waals surface area contributed by atoms with Crippen molar-refractivity contribution in [1.82, 2.24) is 5.32 Å². The third kappa shape index (κ3) is 4.36. The van der Waals surface area contributed by atoms with Crippen LogP contribution in [0.1, 0.15) is 30.9 Å². The number of nitrogens with two attached hydrogens (primary N) is 1. The molecule has 1 aromatic rings. The molecule has 0 radical (unpaired) electrons. The summed E-state index contributed by atoms with van der Waals surface area (Å²) in [6.45, 7) is 6.87. The summed E-state index contributed by atoms with van der Waals surface area (Å²) in [5.74, 6) is 1.53. The molecule has 0 aliphatic carbocycles. The lowest BCUT2D eigenvalue weighted by molar-refractivity contribution is 0.408. The van der Waals surface area contributed by atoms with Crippen LogP contribution >= 0.6 is 0 Å². The molecule has 0 saturated heterocycles. The van der Waals surface area contributed by atoms with Gasteiger partial charge < -0.3 is 15.8 Å². The first-order valence-electron chi connectivity index (χ1n) is 6.26. The first-order chi connectivity index (χ1) is 8.19. The number of hydrogen-bond donors (Lipinski definition) is 2. The van der Waals surface area contributed by atoms with Gasteiger partial charge in [-0.2, -0.15) is 0 Å². The topological polar surface area (TPSA) is 47.3 Å². The number of nitrogens with one attached hydrogen (secondary N) is 1. The molecule has 0 unspecified atom stereocenters. The van der Waals surface area contributed by atoms with Gasteiger partial charge in [-0.25, -0.2) is 0 Å². The number of rotatable bonds is 7. The second-order valence-electron chi connectivity index (χ2n) is 4.51. The lowest BCUT2D eigenvalue weighted by Gasteiger charge is -2.13. The average Bonchev–Trinajstić information content (AvgIpc) is 2.34. The third-order valence-electron chi connectivity index (χ3n) is 2.87. The summed E-state index contributed by atoms with van der Waals surface area (Å²) < 4.78 is 5.44. The molecule has 96 valence electrons. The van der Waals surface area contributed by atoms with Crippen LogP contribution in [0, 0.1) is 0 Å². The van der Waals surface area contributed by atoms with Crippen molar-refractivity contribution in [3.63, 3.8) is 0 Å². The second kappa shape index (κ2) is 7.30. The Balaban J connectivity index is 2.65. The minimum atomic E-state index is 0.535. The van der Waals surface area contributed by atoms with Gasteiger partial charge in [0.25, 0.3) is 0 Å².